The van der Waals surface area contributed by atoms with Gasteiger partial charge < -0.3 is 20.6 Å². The van der Waals surface area contributed by atoms with E-state index in [2.05, 4.69) is 10.6 Å². The lowest BCUT2D eigenvalue weighted by Crippen LogP contribution is -2.31. The van der Waals surface area contributed by atoms with Crippen LogP contribution in [0.1, 0.15) is 10.4 Å². The van der Waals surface area contributed by atoms with Crippen LogP contribution in [0.4, 0.5) is 20.6 Å². The SMILES string of the molecule is CN(CC(=O)O)C(=O)c1cccc(-c2cccc(NC(=O)Nc3cccc(F)c3)c2)c1. The van der Waals surface area contributed by atoms with E-state index in [-0.39, 0.29) is 0 Å². The fraction of sp³-hybridized carbons (Fsp3) is 0.0870. The van der Waals surface area contributed by atoms with Gasteiger partial charge in [0.25, 0.3) is 5.91 Å². The molecule has 3 amide bonds. The molecule has 0 spiro atoms. The summed E-state index contributed by atoms with van der Waals surface area (Å²) in [6.45, 7) is -0.400. The van der Waals surface area contributed by atoms with Crippen molar-refractivity contribution in [2.75, 3.05) is 24.2 Å². The number of amides is 3. The standard InChI is InChI=1S/C23H20FN3O4/c1-27(14-21(28)29)22(30)17-7-2-5-15(11-17)16-6-3-9-19(12-16)25-23(31)26-20-10-4-8-18(24)13-20/h2-13H,14H2,1H3,(H,28,29)(H2,25,26,31). The first-order valence-electron chi connectivity index (χ1n) is 9.33. The molecule has 0 aliphatic heterocycles. The predicted molar refractivity (Wildman–Crippen MR) is 116 cm³/mol. The normalized spacial score (nSPS) is 10.3. The molecular formula is C23H20FN3O4. The van der Waals surface area contributed by atoms with Crippen LogP contribution in [0, 0.1) is 5.82 Å². The van der Waals surface area contributed by atoms with Crippen molar-refractivity contribution in [2.45, 2.75) is 0 Å². The number of rotatable bonds is 6. The predicted octanol–water partition coefficient (Wildman–Crippen LogP) is 4.29. The minimum Gasteiger partial charge on any atom is -0.480 e. The van der Waals surface area contributed by atoms with Crippen molar-refractivity contribution < 1.29 is 23.9 Å². The summed E-state index contributed by atoms with van der Waals surface area (Å²) in [7, 11) is 1.42. The number of anilines is 2. The van der Waals surface area contributed by atoms with Gasteiger partial charge in [0, 0.05) is 24.0 Å². The fourth-order valence-electron chi connectivity index (χ4n) is 2.96. The summed E-state index contributed by atoms with van der Waals surface area (Å²) in [5.74, 6) is -1.96. The Bertz CT molecular complexity index is 1130. The number of likely N-dealkylation sites (N-methyl/N-ethyl adjacent to an activating group) is 1. The van der Waals surface area contributed by atoms with Gasteiger partial charge in [0.1, 0.15) is 12.4 Å². The van der Waals surface area contributed by atoms with Crippen molar-refractivity contribution in [1.82, 2.24) is 4.90 Å². The molecule has 0 aliphatic carbocycles. The second-order valence-corrected chi connectivity index (χ2v) is 6.81. The Morgan fingerprint density at radius 2 is 1.45 bits per heavy atom. The van der Waals surface area contributed by atoms with E-state index in [1.807, 2.05) is 6.07 Å². The van der Waals surface area contributed by atoms with Crippen molar-refractivity contribution in [3.05, 3.63) is 84.2 Å². The second kappa shape index (κ2) is 9.53. The van der Waals surface area contributed by atoms with Crippen molar-refractivity contribution in [3.63, 3.8) is 0 Å². The number of carbonyl (C=O) groups excluding carboxylic acids is 2. The molecule has 7 nitrogen and oxygen atoms in total. The minimum atomic E-state index is -1.10. The summed E-state index contributed by atoms with van der Waals surface area (Å²) < 4.78 is 13.3. The van der Waals surface area contributed by atoms with Gasteiger partial charge in [0.05, 0.1) is 0 Å². The van der Waals surface area contributed by atoms with Crippen LogP contribution in [0.25, 0.3) is 11.1 Å². The smallest absolute Gasteiger partial charge is 0.323 e. The highest BCUT2D eigenvalue weighted by Gasteiger charge is 2.15. The number of halogens is 1. The molecule has 0 atom stereocenters. The number of hydrogen-bond acceptors (Lipinski definition) is 3. The average molecular weight is 421 g/mol. The molecule has 0 bridgehead atoms. The van der Waals surface area contributed by atoms with Gasteiger partial charge in [-0.2, -0.15) is 0 Å². The lowest BCUT2D eigenvalue weighted by molar-refractivity contribution is -0.137. The number of aliphatic carboxylic acids is 1. The van der Waals surface area contributed by atoms with Gasteiger partial charge in [-0.05, 0) is 53.6 Å². The van der Waals surface area contributed by atoms with Gasteiger partial charge in [-0.3, -0.25) is 9.59 Å². The minimum absolute atomic E-state index is 0.324. The number of carboxylic acid groups (broad SMARTS) is 1. The molecule has 0 aromatic heterocycles. The van der Waals surface area contributed by atoms with Crippen LogP contribution in [0.5, 0.6) is 0 Å². The molecular weight excluding hydrogens is 401 g/mol. The Morgan fingerprint density at radius 1 is 0.871 bits per heavy atom. The summed E-state index contributed by atoms with van der Waals surface area (Å²) >= 11 is 0. The lowest BCUT2D eigenvalue weighted by atomic mass is 10.0. The van der Waals surface area contributed by atoms with Crippen molar-refractivity contribution >= 4 is 29.3 Å². The number of carboxylic acids is 1. The molecule has 31 heavy (non-hydrogen) atoms. The van der Waals surface area contributed by atoms with E-state index in [9.17, 15) is 18.8 Å². The molecule has 8 heteroatoms. The van der Waals surface area contributed by atoms with Gasteiger partial charge in [0.15, 0.2) is 0 Å². The van der Waals surface area contributed by atoms with Crippen molar-refractivity contribution in [3.8, 4) is 11.1 Å². The molecule has 0 aliphatic rings. The Morgan fingerprint density at radius 3 is 2.10 bits per heavy atom. The highest BCUT2D eigenvalue weighted by molar-refractivity contribution is 6.00. The molecule has 3 N–H and O–H groups in total. The number of nitrogens with one attached hydrogen (secondary N) is 2. The van der Waals surface area contributed by atoms with Gasteiger partial charge in [-0.25, -0.2) is 9.18 Å². The van der Waals surface area contributed by atoms with Crippen LogP contribution in [-0.2, 0) is 4.79 Å². The number of hydrogen-bond donors (Lipinski definition) is 3. The number of nitrogens with zero attached hydrogens (tertiary/aromatic N) is 1. The third kappa shape index (κ3) is 5.89. The maximum atomic E-state index is 13.3. The van der Waals surface area contributed by atoms with E-state index in [1.165, 1.54) is 25.2 Å². The first-order chi connectivity index (χ1) is 14.8. The molecule has 0 saturated carbocycles. The van der Waals surface area contributed by atoms with Crippen LogP contribution < -0.4 is 10.6 Å². The topological polar surface area (TPSA) is 98.7 Å². The molecule has 0 fully saturated rings. The number of benzene rings is 3. The lowest BCUT2D eigenvalue weighted by Gasteiger charge is -2.15. The van der Waals surface area contributed by atoms with E-state index >= 15 is 0 Å². The van der Waals surface area contributed by atoms with Crippen LogP contribution in [0.15, 0.2) is 72.8 Å². The Labute approximate surface area is 178 Å². The van der Waals surface area contributed by atoms with E-state index < -0.39 is 30.3 Å². The molecule has 0 radical (unpaired) electrons. The molecule has 3 aromatic rings. The number of urea groups is 1. The maximum absolute atomic E-state index is 13.3. The Kier molecular flexibility index (Phi) is 6.61. The maximum Gasteiger partial charge on any atom is 0.323 e. The van der Waals surface area contributed by atoms with Crippen molar-refractivity contribution in [2.24, 2.45) is 0 Å². The van der Waals surface area contributed by atoms with Crippen LogP contribution in [0.2, 0.25) is 0 Å². The van der Waals surface area contributed by atoms with Crippen LogP contribution >= 0.6 is 0 Å². The van der Waals surface area contributed by atoms with Gasteiger partial charge >= 0.3 is 12.0 Å². The summed E-state index contributed by atoms with van der Waals surface area (Å²) in [6.07, 6.45) is 0. The molecule has 0 unspecified atom stereocenters. The third-order valence-electron chi connectivity index (χ3n) is 4.36. The Balaban J connectivity index is 1.74. The molecule has 0 saturated heterocycles. The molecule has 158 valence electrons. The van der Waals surface area contributed by atoms with Crippen LogP contribution in [-0.4, -0.2) is 41.5 Å². The van der Waals surface area contributed by atoms with Crippen LogP contribution in [0.3, 0.4) is 0 Å². The first-order valence-corrected chi connectivity index (χ1v) is 9.33. The Hall–Kier alpha value is -4.20. The van der Waals surface area contributed by atoms with E-state index in [0.29, 0.717) is 16.9 Å². The average Bonchev–Trinajstić information content (AvgIpc) is 2.73. The van der Waals surface area contributed by atoms with Gasteiger partial charge in [-0.15, -0.1) is 0 Å². The fourth-order valence-corrected chi connectivity index (χ4v) is 2.96. The van der Waals surface area contributed by atoms with E-state index in [4.69, 9.17) is 5.11 Å². The van der Waals surface area contributed by atoms with Crippen molar-refractivity contribution in [1.29, 1.82) is 0 Å². The quantitative estimate of drug-likeness (QED) is 0.553. The zero-order chi connectivity index (χ0) is 22.4. The first kappa shape index (κ1) is 21.5. The summed E-state index contributed by atoms with van der Waals surface area (Å²) in [4.78, 5) is 36.6. The summed E-state index contributed by atoms with van der Waals surface area (Å²) in [5.41, 5.74) is 2.66. The highest BCUT2D eigenvalue weighted by atomic mass is 19.1. The van der Waals surface area contributed by atoms with E-state index in [1.54, 1.807) is 48.5 Å². The molecule has 3 rings (SSSR count). The third-order valence-corrected chi connectivity index (χ3v) is 4.36. The van der Waals surface area contributed by atoms with Gasteiger partial charge in [-0.1, -0.05) is 30.3 Å². The monoisotopic (exact) mass is 421 g/mol. The zero-order valence-corrected chi connectivity index (χ0v) is 16.6. The highest BCUT2D eigenvalue weighted by Crippen LogP contribution is 2.24. The summed E-state index contributed by atoms with van der Waals surface area (Å²) in [5, 5.41) is 14.1. The second-order valence-electron chi connectivity index (χ2n) is 6.81. The largest absolute Gasteiger partial charge is 0.480 e. The summed E-state index contributed by atoms with van der Waals surface area (Å²) in [6, 6.07) is 18.8. The zero-order valence-electron chi connectivity index (χ0n) is 16.6. The molecule has 3 aromatic carbocycles. The molecule has 0 heterocycles. The number of carbonyl (C=O) groups is 3. The van der Waals surface area contributed by atoms with Gasteiger partial charge in [0.2, 0.25) is 0 Å². The van der Waals surface area contributed by atoms with E-state index in [0.717, 1.165) is 16.0 Å².